The second kappa shape index (κ2) is 12.4. The Morgan fingerprint density at radius 2 is 1.91 bits per heavy atom. The number of nitrogens with one attached hydrogen (secondary N) is 3. The maximum absolute atomic E-state index is 13.3. The van der Waals surface area contributed by atoms with Gasteiger partial charge in [0.2, 0.25) is 10.0 Å². The Kier molecular flexibility index (Phi) is 10.2. The topological polar surface area (TPSA) is 91.8 Å². The van der Waals surface area contributed by atoms with E-state index in [1.165, 1.54) is 12.1 Å². The van der Waals surface area contributed by atoms with Crippen molar-refractivity contribution in [1.82, 2.24) is 15.4 Å². The molecule has 0 saturated heterocycles. The summed E-state index contributed by atoms with van der Waals surface area (Å²) in [5.41, 5.74) is 0.927. The van der Waals surface area contributed by atoms with Crippen molar-refractivity contribution < 1.29 is 17.5 Å². The Morgan fingerprint density at radius 3 is 2.50 bits per heavy atom. The quantitative estimate of drug-likeness (QED) is 0.229. The molecular weight excluding hydrogens is 546 g/mol. The summed E-state index contributed by atoms with van der Waals surface area (Å²) < 4.78 is 46.3. The molecule has 3 rings (SSSR count). The molecule has 1 aliphatic rings. The monoisotopic (exact) mass is 576 g/mol. The van der Waals surface area contributed by atoms with Crippen molar-refractivity contribution in [3.63, 3.8) is 0 Å². The predicted octanol–water partition coefficient (Wildman–Crippen LogP) is 3.41. The normalized spacial score (nSPS) is 14.9. The summed E-state index contributed by atoms with van der Waals surface area (Å²) in [6.45, 7) is 2.98. The zero-order valence-electron chi connectivity index (χ0n) is 18.2. The van der Waals surface area contributed by atoms with E-state index in [0.29, 0.717) is 24.8 Å². The third-order valence-corrected chi connectivity index (χ3v) is 6.40. The highest BCUT2D eigenvalue weighted by atomic mass is 127. The molecule has 0 amide bonds. The molecule has 7 nitrogen and oxygen atoms in total. The van der Waals surface area contributed by atoms with E-state index in [1.807, 2.05) is 6.92 Å². The second-order valence-electron chi connectivity index (χ2n) is 7.45. The molecule has 0 bridgehead atoms. The van der Waals surface area contributed by atoms with Gasteiger partial charge in [-0.2, -0.15) is 0 Å². The van der Waals surface area contributed by atoms with Gasteiger partial charge in [-0.3, -0.25) is 4.99 Å². The first-order valence-corrected chi connectivity index (χ1v) is 11.9. The SMILES string of the molecule is CCC(CNC(=NC)NCc1ccc(S(=O)(=O)NC2CC2)cc1)Oc1cccc(F)c1.I. The van der Waals surface area contributed by atoms with Gasteiger partial charge >= 0.3 is 0 Å². The van der Waals surface area contributed by atoms with Crippen LogP contribution in [0.3, 0.4) is 0 Å². The van der Waals surface area contributed by atoms with E-state index in [4.69, 9.17) is 4.74 Å². The lowest BCUT2D eigenvalue weighted by molar-refractivity contribution is 0.199. The number of hydrogen-bond donors (Lipinski definition) is 3. The van der Waals surface area contributed by atoms with Crippen molar-refractivity contribution in [3.8, 4) is 5.75 Å². The molecule has 0 radical (unpaired) electrons. The van der Waals surface area contributed by atoms with Crippen LogP contribution in [-0.2, 0) is 16.6 Å². The molecule has 1 aliphatic carbocycles. The van der Waals surface area contributed by atoms with Crippen LogP contribution < -0.4 is 20.1 Å². The van der Waals surface area contributed by atoms with E-state index in [0.717, 1.165) is 24.8 Å². The number of sulfonamides is 1. The summed E-state index contributed by atoms with van der Waals surface area (Å²) in [6, 6.07) is 12.9. The fourth-order valence-electron chi connectivity index (χ4n) is 2.89. The van der Waals surface area contributed by atoms with Gasteiger partial charge in [0.15, 0.2) is 5.96 Å². The minimum Gasteiger partial charge on any atom is -0.489 e. The number of nitrogens with zero attached hydrogens (tertiary/aromatic N) is 1. The molecule has 0 aromatic heterocycles. The molecule has 0 spiro atoms. The third-order valence-electron chi connectivity index (χ3n) is 4.87. The van der Waals surface area contributed by atoms with Gasteiger partial charge in [-0.1, -0.05) is 25.1 Å². The van der Waals surface area contributed by atoms with Crippen LogP contribution in [-0.4, -0.2) is 40.1 Å². The summed E-state index contributed by atoms with van der Waals surface area (Å²) in [5.74, 6) is 0.746. The molecule has 32 heavy (non-hydrogen) atoms. The van der Waals surface area contributed by atoms with Gasteiger partial charge in [-0.25, -0.2) is 17.5 Å². The van der Waals surface area contributed by atoms with Crippen LogP contribution in [0.2, 0.25) is 0 Å². The Balaban J connectivity index is 0.00000363. The van der Waals surface area contributed by atoms with Crippen molar-refractivity contribution in [2.75, 3.05) is 13.6 Å². The Hall–Kier alpha value is -1.92. The molecule has 0 heterocycles. The van der Waals surface area contributed by atoms with E-state index in [-0.39, 0.29) is 46.8 Å². The summed E-state index contributed by atoms with van der Waals surface area (Å²) in [7, 11) is -1.77. The Bertz CT molecular complexity index is 998. The fourth-order valence-corrected chi connectivity index (χ4v) is 4.20. The summed E-state index contributed by atoms with van der Waals surface area (Å²) in [6.07, 6.45) is 2.40. The van der Waals surface area contributed by atoms with E-state index < -0.39 is 10.0 Å². The van der Waals surface area contributed by atoms with Crippen LogP contribution in [0.5, 0.6) is 5.75 Å². The van der Waals surface area contributed by atoms with E-state index in [9.17, 15) is 12.8 Å². The maximum Gasteiger partial charge on any atom is 0.240 e. The summed E-state index contributed by atoms with van der Waals surface area (Å²) in [5, 5.41) is 6.40. The molecule has 0 aliphatic heterocycles. The first-order valence-electron chi connectivity index (χ1n) is 10.4. The van der Waals surface area contributed by atoms with Crippen molar-refractivity contribution in [2.45, 2.75) is 49.8 Å². The first kappa shape index (κ1) is 26.3. The van der Waals surface area contributed by atoms with Crippen LogP contribution >= 0.6 is 24.0 Å². The fraction of sp³-hybridized carbons (Fsp3) is 0.409. The lowest BCUT2D eigenvalue weighted by Gasteiger charge is -2.20. The van der Waals surface area contributed by atoms with Crippen molar-refractivity contribution in [2.24, 2.45) is 4.99 Å². The molecule has 1 fully saturated rings. The summed E-state index contributed by atoms with van der Waals surface area (Å²) >= 11 is 0. The number of aliphatic imine (C=N–C) groups is 1. The zero-order chi connectivity index (χ0) is 22.3. The van der Waals surface area contributed by atoms with Gasteiger partial charge in [-0.15, -0.1) is 24.0 Å². The third kappa shape index (κ3) is 8.21. The van der Waals surface area contributed by atoms with Gasteiger partial charge in [-0.05, 0) is 49.1 Å². The van der Waals surface area contributed by atoms with Crippen LogP contribution in [0.15, 0.2) is 58.4 Å². The molecule has 3 N–H and O–H groups in total. The second-order valence-corrected chi connectivity index (χ2v) is 9.17. The predicted molar refractivity (Wildman–Crippen MR) is 135 cm³/mol. The molecule has 1 unspecified atom stereocenters. The van der Waals surface area contributed by atoms with Crippen molar-refractivity contribution >= 4 is 40.0 Å². The van der Waals surface area contributed by atoms with Crippen LogP contribution in [0.25, 0.3) is 0 Å². The average Bonchev–Trinajstić information content (AvgIpc) is 3.56. The van der Waals surface area contributed by atoms with Gasteiger partial charge in [0.1, 0.15) is 17.7 Å². The standard InChI is InChI=1S/C22H29FN4O3S.HI/c1-3-19(30-20-6-4-5-17(23)13-20)15-26-22(24-2)25-14-16-7-11-21(12-8-16)31(28,29)27-18-9-10-18;/h4-8,11-13,18-19,27H,3,9-10,14-15H2,1-2H3,(H2,24,25,26);1H. The van der Waals surface area contributed by atoms with E-state index in [1.54, 1.807) is 43.4 Å². The number of halogens is 2. The first-order chi connectivity index (χ1) is 14.9. The highest BCUT2D eigenvalue weighted by molar-refractivity contribution is 14.0. The molecule has 2 aromatic carbocycles. The lowest BCUT2D eigenvalue weighted by atomic mass is 10.2. The van der Waals surface area contributed by atoms with Crippen LogP contribution in [0.1, 0.15) is 31.7 Å². The molecule has 1 saturated carbocycles. The molecule has 1 atom stereocenters. The van der Waals surface area contributed by atoms with Crippen LogP contribution in [0, 0.1) is 5.82 Å². The average molecular weight is 576 g/mol. The molecule has 2 aromatic rings. The summed E-state index contributed by atoms with van der Waals surface area (Å²) in [4.78, 5) is 4.47. The minimum atomic E-state index is -3.44. The van der Waals surface area contributed by atoms with Gasteiger partial charge in [0.25, 0.3) is 0 Å². The highest BCUT2D eigenvalue weighted by Crippen LogP contribution is 2.22. The number of hydrogen-bond acceptors (Lipinski definition) is 4. The van der Waals surface area contributed by atoms with Gasteiger partial charge < -0.3 is 15.4 Å². The number of benzene rings is 2. The smallest absolute Gasteiger partial charge is 0.240 e. The molecule has 176 valence electrons. The van der Waals surface area contributed by atoms with E-state index >= 15 is 0 Å². The Morgan fingerprint density at radius 1 is 1.19 bits per heavy atom. The van der Waals surface area contributed by atoms with E-state index in [2.05, 4.69) is 20.3 Å². The molecule has 10 heteroatoms. The maximum atomic E-state index is 13.3. The van der Waals surface area contributed by atoms with Crippen molar-refractivity contribution in [1.29, 1.82) is 0 Å². The number of ether oxygens (including phenoxy) is 1. The van der Waals surface area contributed by atoms with Crippen LogP contribution in [0.4, 0.5) is 4.39 Å². The van der Waals surface area contributed by atoms with Gasteiger partial charge in [0.05, 0.1) is 11.4 Å². The minimum absolute atomic E-state index is 0. The number of rotatable bonds is 10. The largest absolute Gasteiger partial charge is 0.489 e. The number of guanidine groups is 1. The van der Waals surface area contributed by atoms with Crippen molar-refractivity contribution in [3.05, 3.63) is 59.9 Å². The highest BCUT2D eigenvalue weighted by Gasteiger charge is 2.27. The van der Waals surface area contributed by atoms with Gasteiger partial charge in [0, 0.05) is 25.7 Å². The molecular formula is C22H30FIN4O3S. The zero-order valence-corrected chi connectivity index (χ0v) is 21.3. The lowest BCUT2D eigenvalue weighted by Crippen LogP contribution is -2.42. The Labute approximate surface area is 206 Å².